The Bertz CT molecular complexity index is 370. The normalized spacial score (nSPS) is 11.7. The van der Waals surface area contributed by atoms with Gasteiger partial charge < -0.3 is 5.11 Å². The van der Waals surface area contributed by atoms with E-state index < -0.39 is 17.8 Å². The molecule has 1 heterocycles. The van der Waals surface area contributed by atoms with Gasteiger partial charge in [-0.1, -0.05) is 0 Å². The van der Waals surface area contributed by atoms with Crippen molar-refractivity contribution in [1.29, 1.82) is 0 Å². The van der Waals surface area contributed by atoms with Gasteiger partial charge in [0.2, 0.25) is 0 Å². The van der Waals surface area contributed by atoms with Gasteiger partial charge in [0.25, 0.3) is 0 Å². The Kier molecular flexibility index (Phi) is 3.01. The van der Waals surface area contributed by atoms with Crippen LogP contribution in [0.1, 0.15) is 17.8 Å². The molecule has 4 nitrogen and oxygen atoms in total. The van der Waals surface area contributed by atoms with Gasteiger partial charge in [0, 0.05) is 12.7 Å². The molecule has 0 saturated heterocycles. The number of nitrogens with zero attached hydrogens (tertiary/aromatic N) is 2. The van der Waals surface area contributed by atoms with Gasteiger partial charge in [0.05, 0.1) is 6.42 Å². The fraction of sp³-hybridized carbons (Fsp3) is 0.500. The Morgan fingerprint density at radius 1 is 1.60 bits per heavy atom. The maximum Gasteiger partial charge on any atom is 0.435 e. The highest BCUT2D eigenvalue weighted by atomic mass is 19.4. The van der Waals surface area contributed by atoms with Crippen molar-refractivity contribution in [2.24, 2.45) is 7.05 Å². The zero-order valence-corrected chi connectivity index (χ0v) is 7.88. The van der Waals surface area contributed by atoms with E-state index in [4.69, 9.17) is 5.11 Å². The molecule has 1 aromatic rings. The van der Waals surface area contributed by atoms with Gasteiger partial charge in [-0.3, -0.25) is 9.48 Å². The molecule has 0 radical (unpaired) electrons. The van der Waals surface area contributed by atoms with E-state index in [1.807, 2.05) is 0 Å². The van der Waals surface area contributed by atoms with E-state index in [1.54, 1.807) is 0 Å². The molecule has 0 amide bonds. The van der Waals surface area contributed by atoms with Crippen LogP contribution in [-0.2, 0) is 24.4 Å². The van der Waals surface area contributed by atoms with E-state index in [1.165, 1.54) is 7.05 Å². The van der Waals surface area contributed by atoms with Gasteiger partial charge in [-0.2, -0.15) is 18.3 Å². The molecule has 7 heteroatoms. The van der Waals surface area contributed by atoms with Crippen LogP contribution in [0.4, 0.5) is 13.2 Å². The number of aromatic nitrogens is 2. The van der Waals surface area contributed by atoms with Crippen LogP contribution in [0.25, 0.3) is 0 Å². The van der Waals surface area contributed by atoms with Crippen LogP contribution >= 0.6 is 0 Å². The van der Waals surface area contributed by atoms with Crippen LogP contribution in [0, 0.1) is 0 Å². The average molecular weight is 222 g/mol. The lowest BCUT2D eigenvalue weighted by molar-refractivity contribution is -0.141. The standard InChI is InChI=1S/C8H9F3N2O2/c1-13-5(2-3-7(14)15)4-6(12-13)8(9,10)11/h4H,2-3H2,1H3,(H,14,15). The summed E-state index contributed by atoms with van der Waals surface area (Å²) in [7, 11) is 1.35. The van der Waals surface area contributed by atoms with Crippen molar-refractivity contribution < 1.29 is 23.1 Å². The maximum atomic E-state index is 12.2. The van der Waals surface area contributed by atoms with E-state index in [0.29, 0.717) is 0 Å². The molecule has 1 aromatic heterocycles. The van der Waals surface area contributed by atoms with Gasteiger partial charge >= 0.3 is 12.1 Å². The lowest BCUT2D eigenvalue weighted by atomic mass is 10.2. The molecule has 0 fully saturated rings. The number of rotatable bonds is 3. The summed E-state index contributed by atoms with van der Waals surface area (Å²) in [4.78, 5) is 10.2. The molecule has 1 N–H and O–H groups in total. The number of alkyl halides is 3. The van der Waals surface area contributed by atoms with Crippen LogP contribution in [0.2, 0.25) is 0 Å². The second-order valence-electron chi connectivity index (χ2n) is 3.04. The molecule has 0 atom stereocenters. The Balaban J connectivity index is 2.82. The first kappa shape index (κ1) is 11.5. The average Bonchev–Trinajstić information content (AvgIpc) is 2.42. The summed E-state index contributed by atoms with van der Waals surface area (Å²) in [5, 5.41) is 11.6. The van der Waals surface area contributed by atoms with Gasteiger partial charge in [0.1, 0.15) is 0 Å². The predicted octanol–water partition coefficient (Wildman–Crippen LogP) is 1.46. The van der Waals surface area contributed by atoms with E-state index in [-0.39, 0.29) is 18.5 Å². The molecule has 0 aliphatic carbocycles. The van der Waals surface area contributed by atoms with Crippen LogP contribution in [-0.4, -0.2) is 20.9 Å². The smallest absolute Gasteiger partial charge is 0.435 e. The highest BCUT2D eigenvalue weighted by molar-refractivity contribution is 5.66. The van der Waals surface area contributed by atoms with Crippen LogP contribution in [0.3, 0.4) is 0 Å². The van der Waals surface area contributed by atoms with Crippen molar-refractivity contribution in [3.63, 3.8) is 0 Å². The van der Waals surface area contributed by atoms with E-state index in [2.05, 4.69) is 5.10 Å². The molecule has 0 saturated carbocycles. The second kappa shape index (κ2) is 3.92. The monoisotopic (exact) mass is 222 g/mol. The number of halogens is 3. The van der Waals surface area contributed by atoms with Crippen molar-refractivity contribution in [3.8, 4) is 0 Å². The van der Waals surface area contributed by atoms with Crippen molar-refractivity contribution in [2.75, 3.05) is 0 Å². The summed E-state index contributed by atoms with van der Waals surface area (Å²) in [6.45, 7) is 0. The summed E-state index contributed by atoms with van der Waals surface area (Å²) >= 11 is 0. The van der Waals surface area contributed by atoms with Crippen LogP contribution in [0.15, 0.2) is 6.07 Å². The second-order valence-corrected chi connectivity index (χ2v) is 3.04. The largest absolute Gasteiger partial charge is 0.481 e. The maximum absolute atomic E-state index is 12.2. The first-order valence-electron chi connectivity index (χ1n) is 4.12. The summed E-state index contributed by atoms with van der Waals surface area (Å²) < 4.78 is 37.6. The first-order chi connectivity index (χ1) is 6.80. The third-order valence-electron chi connectivity index (χ3n) is 1.86. The van der Waals surface area contributed by atoms with Gasteiger partial charge in [0.15, 0.2) is 5.69 Å². The number of carbonyl (C=O) groups is 1. The minimum absolute atomic E-state index is 0.0366. The zero-order valence-electron chi connectivity index (χ0n) is 7.88. The zero-order chi connectivity index (χ0) is 11.6. The molecule has 0 aliphatic heterocycles. The van der Waals surface area contributed by atoms with Gasteiger partial charge in [-0.05, 0) is 12.5 Å². The summed E-state index contributed by atoms with van der Waals surface area (Å²) in [6.07, 6.45) is -4.66. The lowest BCUT2D eigenvalue weighted by Gasteiger charge is -1.99. The van der Waals surface area contributed by atoms with Crippen molar-refractivity contribution in [1.82, 2.24) is 9.78 Å². The Morgan fingerprint density at radius 2 is 2.20 bits per heavy atom. The lowest BCUT2D eigenvalue weighted by Crippen LogP contribution is -2.06. The Hall–Kier alpha value is -1.53. The SMILES string of the molecule is Cn1nc(C(F)(F)F)cc1CCC(=O)O. The number of hydrogen-bond donors (Lipinski definition) is 1. The number of aliphatic carboxylic acids is 1. The number of hydrogen-bond acceptors (Lipinski definition) is 2. The van der Waals surface area contributed by atoms with Crippen LogP contribution in [0.5, 0.6) is 0 Å². The summed E-state index contributed by atoms with van der Waals surface area (Å²) in [6, 6.07) is 0.864. The minimum atomic E-state index is -4.49. The summed E-state index contributed by atoms with van der Waals surface area (Å²) in [5.74, 6) is -1.05. The van der Waals surface area contributed by atoms with E-state index in [9.17, 15) is 18.0 Å². The molecular formula is C8H9F3N2O2. The highest BCUT2D eigenvalue weighted by Crippen LogP contribution is 2.28. The summed E-state index contributed by atoms with van der Waals surface area (Å²) in [5.41, 5.74) is -0.741. The minimum Gasteiger partial charge on any atom is -0.481 e. The molecule has 0 aromatic carbocycles. The molecule has 0 aliphatic rings. The topological polar surface area (TPSA) is 55.1 Å². The van der Waals surface area contributed by atoms with Crippen molar-refractivity contribution in [2.45, 2.75) is 19.0 Å². The Morgan fingerprint density at radius 3 is 2.60 bits per heavy atom. The molecule has 0 bridgehead atoms. The molecule has 15 heavy (non-hydrogen) atoms. The molecule has 0 spiro atoms. The van der Waals surface area contributed by atoms with E-state index >= 15 is 0 Å². The molecule has 0 unspecified atom stereocenters. The van der Waals surface area contributed by atoms with Gasteiger partial charge in [-0.15, -0.1) is 0 Å². The fourth-order valence-electron chi connectivity index (χ4n) is 1.11. The third kappa shape index (κ3) is 2.97. The fourth-order valence-corrected chi connectivity index (χ4v) is 1.11. The van der Waals surface area contributed by atoms with Crippen molar-refractivity contribution >= 4 is 5.97 Å². The third-order valence-corrected chi connectivity index (χ3v) is 1.86. The molecular weight excluding hydrogens is 213 g/mol. The quantitative estimate of drug-likeness (QED) is 0.842. The van der Waals surface area contributed by atoms with Gasteiger partial charge in [-0.25, -0.2) is 0 Å². The predicted molar refractivity (Wildman–Crippen MR) is 44.2 cm³/mol. The number of aryl methyl sites for hydroxylation is 2. The first-order valence-corrected chi connectivity index (χ1v) is 4.12. The van der Waals surface area contributed by atoms with Crippen molar-refractivity contribution in [3.05, 3.63) is 17.5 Å². The number of carboxylic acids is 1. The highest BCUT2D eigenvalue weighted by Gasteiger charge is 2.34. The molecule has 1 rings (SSSR count). The Labute approximate surface area is 83.3 Å². The van der Waals surface area contributed by atoms with Crippen LogP contribution < -0.4 is 0 Å². The molecule has 84 valence electrons. The van der Waals surface area contributed by atoms with E-state index in [0.717, 1.165) is 10.7 Å². The number of carboxylic acid groups (broad SMARTS) is 1.